The van der Waals surface area contributed by atoms with Gasteiger partial charge in [0.2, 0.25) is 17.6 Å². The molecule has 1 aliphatic carbocycles. The van der Waals surface area contributed by atoms with Crippen LogP contribution in [0, 0.1) is 17.7 Å². The van der Waals surface area contributed by atoms with Gasteiger partial charge in [-0.05, 0) is 49.9 Å². The van der Waals surface area contributed by atoms with E-state index in [1.807, 2.05) is 4.90 Å². The van der Waals surface area contributed by atoms with Crippen LogP contribution in [0.3, 0.4) is 0 Å². The van der Waals surface area contributed by atoms with Gasteiger partial charge in [-0.25, -0.2) is 14.4 Å². The molecule has 0 radical (unpaired) electrons. The van der Waals surface area contributed by atoms with Gasteiger partial charge in [0.25, 0.3) is 0 Å². The Morgan fingerprint density at radius 2 is 1.97 bits per heavy atom. The highest BCUT2D eigenvalue weighted by atomic mass is 35.5. The fourth-order valence-corrected chi connectivity index (χ4v) is 5.52. The smallest absolute Gasteiger partial charge is 0.233 e. The molecule has 2 N–H and O–H groups in total. The average molecular weight is 513 g/mol. The Kier molecular flexibility index (Phi) is 10.5. The Morgan fingerprint density at radius 1 is 1.26 bits per heavy atom. The van der Waals surface area contributed by atoms with Crippen molar-refractivity contribution in [3.05, 3.63) is 16.8 Å². The van der Waals surface area contributed by atoms with Crippen LogP contribution >= 0.6 is 11.6 Å². The zero-order chi connectivity index (χ0) is 25.4. The Hall–Kier alpha value is -2.04. The van der Waals surface area contributed by atoms with Gasteiger partial charge in [-0.2, -0.15) is 4.98 Å². The lowest BCUT2D eigenvalue weighted by molar-refractivity contribution is -0.155. The average Bonchev–Trinajstić information content (AvgIpc) is 3.54. The first kappa shape index (κ1) is 27.5. The molecule has 196 valence electrons. The predicted molar refractivity (Wildman–Crippen MR) is 132 cm³/mol. The van der Waals surface area contributed by atoms with Crippen LogP contribution in [0.5, 0.6) is 0 Å². The lowest BCUT2D eigenvalue weighted by Gasteiger charge is -2.30. The molecule has 1 saturated carbocycles. The van der Waals surface area contributed by atoms with E-state index >= 15 is 4.39 Å². The summed E-state index contributed by atoms with van der Waals surface area (Å²) in [5.41, 5.74) is 0.0256. The molecule has 11 heteroatoms. The van der Waals surface area contributed by atoms with Crippen molar-refractivity contribution in [3.63, 3.8) is 0 Å². The molecule has 2 atom stereocenters. The minimum absolute atomic E-state index is 0.0256. The number of aromatic nitrogens is 2. The Morgan fingerprint density at radius 3 is 2.63 bits per heavy atom. The molecule has 2 heterocycles. The Labute approximate surface area is 212 Å². The van der Waals surface area contributed by atoms with Crippen molar-refractivity contribution in [2.24, 2.45) is 11.8 Å². The molecular weight excluding hydrogens is 475 g/mol. The Balaban J connectivity index is 1.71. The summed E-state index contributed by atoms with van der Waals surface area (Å²) in [7, 11) is 0. The molecule has 0 unspecified atom stereocenters. The molecular formula is C24H38ClFN6O3. The summed E-state index contributed by atoms with van der Waals surface area (Å²) in [6, 6.07) is 0.132. The third kappa shape index (κ3) is 7.47. The largest absolute Gasteiger partial charge is 0.350 e. The van der Waals surface area contributed by atoms with Gasteiger partial charge in [-0.15, -0.1) is 0 Å². The molecule has 1 aromatic heterocycles. The van der Waals surface area contributed by atoms with Crippen molar-refractivity contribution < 1.29 is 19.2 Å². The van der Waals surface area contributed by atoms with E-state index in [-0.39, 0.29) is 48.2 Å². The fraction of sp³-hybridized carbons (Fsp3) is 0.750. The third-order valence-corrected chi connectivity index (χ3v) is 7.48. The first-order chi connectivity index (χ1) is 16.9. The van der Waals surface area contributed by atoms with Crippen LogP contribution < -0.4 is 10.2 Å². The van der Waals surface area contributed by atoms with Crippen molar-refractivity contribution in [1.82, 2.24) is 25.2 Å². The van der Waals surface area contributed by atoms with Gasteiger partial charge in [0.15, 0.2) is 11.6 Å². The highest BCUT2D eigenvalue weighted by Crippen LogP contribution is 2.31. The van der Waals surface area contributed by atoms with Gasteiger partial charge in [-0.1, -0.05) is 39.5 Å². The molecule has 0 spiro atoms. The number of hydroxylamine groups is 2. The summed E-state index contributed by atoms with van der Waals surface area (Å²) in [6.45, 7) is 7.30. The van der Waals surface area contributed by atoms with Crippen molar-refractivity contribution in [1.29, 1.82) is 0 Å². The number of hydrogen-bond acceptors (Lipinski definition) is 7. The number of rotatable bonds is 13. The number of anilines is 1. The molecule has 9 nitrogen and oxygen atoms in total. The van der Waals surface area contributed by atoms with E-state index in [0.29, 0.717) is 23.9 Å². The molecule has 2 fully saturated rings. The van der Waals surface area contributed by atoms with Crippen LogP contribution in [0.1, 0.15) is 64.5 Å². The highest BCUT2D eigenvalue weighted by molar-refractivity contribution is 6.28. The summed E-state index contributed by atoms with van der Waals surface area (Å²) in [5, 5.41) is 12.8. The molecule has 2 amide bonds. The number of carbonyl (C=O) groups excluding carboxylic acids is 2. The van der Waals surface area contributed by atoms with Crippen LogP contribution in [-0.4, -0.2) is 76.2 Å². The summed E-state index contributed by atoms with van der Waals surface area (Å²) >= 11 is 6.17. The minimum atomic E-state index is -0.592. The van der Waals surface area contributed by atoms with Crippen LogP contribution in [0.4, 0.5) is 10.2 Å². The summed E-state index contributed by atoms with van der Waals surface area (Å²) < 4.78 is 15.5. The van der Waals surface area contributed by atoms with Crippen molar-refractivity contribution in [2.45, 2.75) is 71.4 Å². The number of nitrogens with zero attached hydrogens (tertiary/aromatic N) is 5. The van der Waals surface area contributed by atoms with E-state index in [1.165, 1.54) is 0 Å². The molecule has 35 heavy (non-hydrogen) atoms. The van der Waals surface area contributed by atoms with Gasteiger partial charge in [0, 0.05) is 19.1 Å². The van der Waals surface area contributed by atoms with Crippen molar-refractivity contribution in [2.75, 3.05) is 37.6 Å². The Bertz CT molecular complexity index is 853. The fourth-order valence-electron chi connectivity index (χ4n) is 5.34. The second-order valence-electron chi connectivity index (χ2n) is 9.58. The van der Waals surface area contributed by atoms with Gasteiger partial charge in [0.05, 0.1) is 19.0 Å². The minimum Gasteiger partial charge on any atom is -0.350 e. The second-order valence-corrected chi connectivity index (χ2v) is 9.92. The topological polar surface area (TPSA) is 102 Å². The zero-order valence-corrected chi connectivity index (χ0v) is 21.5. The van der Waals surface area contributed by atoms with Gasteiger partial charge >= 0.3 is 0 Å². The normalized spacial score (nSPS) is 19.4. The van der Waals surface area contributed by atoms with Crippen LogP contribution in [0.25, 0.3) is 0 Å². The predicted octanol–water partition coefficient (Wildman–Crippen LogP) is 3.24. The zero-order valence-electron chi connectivity index (χ0n) is 20.8. The maximum atomic E-state index is 15.5. The molecule has 1 saturated heterocycles. The molecule has 3 rings (SSSR count). The second kappa shape index (κ2) is 13.3. The van der Waals surface area contributed by atoms with Gasteiger partial charge in [-0.3, -0.25) is 14.8 Å². The standard InChI is InChI=1S/C24H38ClFN6O3/c1-3-30(4-2)15-19-10-7-11-32(19)22-21(26)20(28-24(25)29-22)13-27-23(34)18(14-31(35)16-33)12-17-8-5-6-9-17/h16-19,35H,3-15H2,1-2H3,(H,27,34)/t18-,19+/m1/s1. The number of amides is 2. The number of carbonyl (C=O) groups is 2. The van der Waals surface area contributed by atoms with E-state index < -0.39 is 11.7 Å². The number of nitrogens with one attached hydrogen (secondary N) is 1. The van der Waals surface area contributed by atoms with E-state index in [0.717, 1.165) is 58.2 Å². The molecule has 0 bridgehead atoms. The van der Waals surface area contributed by atoms with Crippen LogP contribution in [0.15, 0.2) is 0 Å². The SMILES string of the molecule is CCN(CC)C[C@@H]1CCCN1c1nc(Cl)nc(CNC(=O)[C@H](CC2CCCC2)CN(O)C=O)c1F. The number of halogens is 2. The number of hydrogen-bond donors (Lipinski definition) is 2. The quantitative estimate of drug-likeness (QED) is 0.181. The molecule has 1 aromatic rings. The highest BCUT2D eigenvalue weighted by Gasteiger charge is 2.31. The van der Waals surface area contributed by atoms with Crippen LogP contribution in [-0.2, 0) is 16.1 Å². The van der Waals surface area contributed by atoms with Crippen LogP contribution in [0.2, 0.25) is 5.28 Å². The summed E-state index contributed by atoms with van der Waals surface area (Å²) in [5.74, 6) is -0.973. The lowest BCUT2D eigenvalue weighted by atomic mass is 9.92. The van der Waals surface area contributed by atoms with E-state index in [9.17, 15) is 14.8 Å². The first-order valence-corrected chi connectivity index (χ1v) is 13.1. The van der Waals surface area contributed by atoms with Crippen molar-refractivity contribution >= 4 is 29.7 Å². The van der Waals surface area contributed by atoms with Crippen molar-refractivity contribution in [3.8, 4) is 0 Å². The molecule has 1 aliphatic heterocycles. The third-order valence-electron chi connectivity index (χ3n) is 7.31. The monoisotopic (exact) mass is 512 g/mol. The summed E-state index contributed by atoms with van der Waals surface area (Å²) in [4.78, 5) is 36.4. The van der Waals surface area contributed by atoms with Gasteiger partial charge in [0.1, 0.15) is 5.69 Å². The molecule has 2 aliphatic rings. The van der Waals surface area contributed by atoms with E-state index in [2.05, 4.69) is 34.0 Å². The first-order valence-electron chi connectivity index (χ1n) is 12.8. The molecule has 0 aromatic carbocycles. The van der Waals surface area contributed by atoms with E-state index in [1.54, 1.807) is 0 Å². The maximum Gasteiger partial charge on any atom is 0.233 e. The van der Waals surface area contributed by atoms with E-state index in [4.69, 9.17) is 11.6 Å². The maximum absolute atomic E-state index is 15.5. The van der Waals surface area contributed by atoms with Gasteiger partial charge < -0.3 is 15.1 Å². The number of likely N-dealkylation sites (N-methyl/N-ethyl adjacent to an activating group) is 1. The lowest BCUT2D eigenvalue weighted by Crippen LogP contribution is -2.41. The summed E-state index contributed by atoms with van der Waals surface area (Å²) in [6.07, 6.45) is 7.03.